The maximum Gasteiger partial charge on any atom is 0.145 e. The Hall–Kier alpha value is -1.83. The van der Waals surface area contributed by atoms with Gasteiger partial charge in [0.1, 0.15) is 11.5 Å². The molecule has 0 aliphatic heterocycles. The van der Waals surface area contributed by atoms with Crippen LogP contribution in [0.25, 0.3) is 0 Å². The molecule has 0 radical (unpaired) electrons. The van der Waals surface area contributed by atoms with Crippen molar-refractivity contribution in [1.29, 1.82) is 0 Å². The van der Waals surface area contributed by atoms with Crippen LogP contribution in [-0.4, -0.2) is 4.98 Å². The molecule has 0 unspecified atom stereocenters. The van der Waals surface area contributed by atoms with Gasteiger partial charge in [0.25, 0.3) is 0 Å². The molecule has 0 fully saturated rings. The second-order valence-electron chi connectivity index (χ2n) is 3.70. The maximum atomic E-state index is 5.70. The minimum absolute atomic E-state index is 0.793. The number of para-hydroxylation sites is 1. The molecule has 0 aliphatic rings. The number of hydrogen-bond acceptors (Lipinski definition) is 2. The van der Waals surface area contributed by atoms with E-state index >= 15 is 0 Å². The molecule has 0 atom stereocenters. The lowest BCUT2D eigenvalue weighted by molar-refractivity contribution is 0.479. The summed E-state index contributed by atoms with van der Waals surface area (Å²) in [7, 11) is 0. The Bertz CT molecular complexity index is 465. The van der Waals surface area contributed by atoms with Crippen LogP contribution in [-0.2, 0) is 6.42 Å². The van der Waals surface area contributed by atoms with Gasteiger partial charge in [-0.3, -0.25) is 4.98 Å². The van der Waals surface area contributed by atoms with Gasteiger partial charge in [-0.25, -0.2) is 0 Å². The number of aryl methyl sites for hydroxylation is 2. The van der Waals surface area contributed by atoms with E-state index in [1.165, 1.54) is 5.56 Å². The van der Waals surface area contributed by atoms with Crippen molar-refractivity contribution in [1.82, 2.24) is 4.98 Å². The molecule has 2 heteroatoms. The van der Waals surface area contributed by atoms with Crippen molar-refractivity contribution >= 4 is 0 Å². The molecule has 0 saturated carbocycles. The van der Waals surface area contributed by atoms with Crippen LogP contribution in [0.2, 0.25) is 0 Å². The van der Waals surface area contributed by atoms with Crippen LogP contribution in [0, 0.1) is 6.92 Å². The fraction of sp³-hybridized carbons (Fsp3) is 0.214. The second-order valence-corrected chi connectivity index (χ2v) is 3.70. The third kappa shape index (κ3) is 2.40. The standard InChI is InChI=1S/C14H15NO/c1-3-14-11(2)9-13(10-15-14)16-12-7-5-4-6-8-12/h4-10H,3H2,1-2H3. The van der Waals surface area contributed by atoms with Gasteiger partial charge in [-0.2, -0.15) is 0 Å². The van der Waals surface area contributed by atoms with E-state index in [9.17, 15) is 0 Å². The Labute approximate surface area is 95.9 Å². The molecule has 1 heterocycles. The van der Waals surface area contributed by atoms with Crippen molar-refractivity contribution in [2.75, 3.05) is 0 Å². The van der Waals surface area contributed by atoms with Crippen LogP contribution >= 0.6 is 0 Å². The zero-order valence-electron chi connectivity index (χ0n) is 9.60. The van der Waals surface area contributed by atoms with Crippen LogP contribution in [0.1, 0.15) is 18.2 Å². The summed E-state index contributed by atoms with van der Waals surface area (Å²) >= 11 is 0. The fourth-order valence-electron chi connectivity index (χ4n) is 1.63. The molecule has 2 rings (SSSR count). The highest BCUT2D eigenvalue weighted by Gasteiger charge is 2.01. The SMILES string of the molecule is CCc1ncc(Oc2ccccc2)cc1C. The van der Waals surface area contributed by atoms with Gasteiger partial charge in [-0.1, -0.05) is 25.1 Å². The molecule has 1 aromatic carbocycles. The zero-order chi connectivity index (χ0) is 11.4. The van der Waals surface area contributed by atoms with Crippen LogP contribution < -0.4 is 4.74 Å². The summed E-state index contributed by atoms with van der Waals surface area (Å²) in [6.45, 7) is 4.16. The number of ether oxygens (including phenoxy) is 1. The molecular formula is C14H15NO. The normalized spacial score (nSPS) is 10.1. The lowest BCUT2D eigenvalue weighted by atomic mass is 10.2. The highest BCUT2D eigenvalue weighted by molar-refractivity contribution is 5.33. The first-order chi connectivity index (χ1) is 7.79. The molecule has 2 nitrogen and oxygen atoms in total. The first-order valence-electron chi connectivity index (χ1n) is 5.48. The summed E-state index contributed by atoms with van der Waals surface area (Å²) < 4.78 is 5.70. The number of benzene rings is 1. The minimum atomic E-state index is 0.793. The van der Waals surface area contributed by atoms with Crippen LogP contribution in [0.4, 0.5) is 0 Å². The molecule has 0 aliphatic carbocycles. The minimum Gasteiger partial charge on any atom is -0.456 e. The van der Waals surface area contributed by atoms with Gasteiger partial charge in [-0.15, -0.1) is 0 Å². The Balaban J connectivity index is 2.20. The zero-order valence-corrected chi connectivity index (χ0v) is 9.60. The van der Waals surface area contributed by atoms with E-state index in [-0.39, 0.29) is 0 Å². The summed E-state index contributed by atoms with van der Waals surface area (Å²) in [4.78, 5) is 4.37. The smallest absolute Gasteiger partial charge is 0.145 e. The predicted octanol–water partition coefficient (Wildman–Crippen LogP) is 3.74. The predicted molar refractivity (Wildman–Crippen MR) is 64.9 cm³/mol. The molecule has 1 aromatic heterocycles. The van der Waals surface area contributed by atoms with Crippen molar-refractivity contribution in [2.24, 2.45) is 0 Å². The molecule has 0 spiro atoms. The molecule has 2 aromatic rings. The van der Waals surface area contributed by atoms with Crippen molar-refractivity contribution in [3.05, 3.63) is 53.9 Å². The third-order valence-electron chi connectivity index (χ3n) is 2.48. The van der Waals surface area contributed by atoms with E-state index in [2.05, 4.69) is 18.8 Å². The number of rotatable bonds is 3. The van der Waals surface area contributed by atoms with Gasteiger partial charge >= 0.3 is 0 Å². The highest BCUT2D eigenvalue weighted by Crippen LogP contribution is 2.21. The van der Waals surface area contributed by atoms with Crippen LogP contribution in [0.5, 0.6) is 11.5 Å². The fourth-order valence-corrected chi connectivity index (χ4v) is 1.63. The van der Waals surface area contributed by atoms with Crippen molar-refractivity contribution in [3.63, 3.8) is 0 Å². The first-order valence-corrected chi connectivity index (χ1v) is 5.48. The Morgan fingerprint density at radius 3 is 2.50 bits per heavy atom. The van der Waals surface area contributed by atoms with Gasteiger partial charge in [0, 0.05) is 5.69 Å². The molecule has 82 valence electrons. The van der Waals surface area contributed by atoms with Crippen molar-refractivity contribution in [3.8, 4) is 11.5 Å². The molecular weight excluding hydrogens is 198 g/mol. The summed E-state index contributed by atoms with van der Waals surface area (Å²) in [5.74, 6) is 1.63. The van der Waals surface area contributed by atoms with Gasteiger partial charge < -0.3 is 4.74 Å². The van der Waals surface area contributed by atoms with Gasteiger partial charge in [0.15, 0.2) is 0 Å². The van der Waals surface area contributed by atoms with Crippen molar-refractivity contribution < 1.29 is 4.74 Å². The number of hydrogen-bond donors (Lipinski definition) is 0. The van der Waals surface area contributed by atoms with E-state index in [4.69, 9.17) is 4.74 Å². The lowest BCUT2D eigenvalue weighted by Gasteiger charge is -2.07. The summed E-state index contributed by atoms with van der Waals surface area (Å²) in [6.07, 6.45) is 2.73. The average molecular weight is 213 g/mol. The Morgan fingerprint density at radius 1 is 1.12 bits per heavy atom. The second kappa shape index (κ2) is 4.79. The largest absolute Gasteiger partial charge is 0.456 e. The quantitative estimate of drug-likeness (QED) is 0.774. The lowest BCUT2D eigenvalue weighted by Crippen LogP contribution is -1.93. The Morgan fingerprint density at radius 2 is 1.88 bits per heavy atom. The first kappa shape index (κ1) is 10.7. The summed E-state index contributed by atoms with van der Waals surface area (Å²) in [6, 6.07) is 11.8. The maximum absolute atomic E-state index is 5.70. The van der Waals surface area contributed by atoms with Gasteiger partial charge in [0.05, 0.1) is 6.20 Å². The van der Waals surface area contributed by atoms with Gasteiger partial charge in [0.2, 0.25) is 0 Å². The topological polar surface area (TPSA) is 22.1 Å². The molecule has 16 heavy (non-hydrogen) atoms. The number of nitrogens with zero attached hydrogens (tertiary/aromatic N) is 1. The highest BCUT2D eigenvalue weighted by atomic mass is 16.5. The number of aromatic nitrogens is 1. The van der Waals surface area contributed by atoms with Gasteiger partial charge in [-0.05, 0) is 37.1 Å². The van der Waals surface area contributed by atoms with E-state index < -0.39 is 0 Å². The van der Waals surface area contributed by atoms with Crippen LogP contribution in [0.15, 0.2) is 42.6 Å². The molecule has 0 saturated heterocycles. The van der Waals surface area contributed by atoms with E-state index in [1.807, 2.05) is 36.4 Å². The third-order valence-corrected chi connectivity index (χ3v) is 2.48. The molecule has 0 amide bonds. The Kier molecular flexibility index (Phi) is 3.20. The number of pyridine rings is 1. The van der Waals surface area contributed by atoms with E-state index in [0.29, 0.717) is 0 Å². The monoisotopic (exact) mass is 213 g/mol. The molecule has 0 N–H and O–H groups in total. The van der Waals surface area contributed by atoms with Crippen molar-refractivity contribution in [2.45, 2.75) is 20.3 Å². The van der Waals surface area contributed by atoms with E-state index in [1.54, 1.807) is 6.20 Å². The summed E-state index contributed by atoms with van der Waals surface area (Å²) in [5.41, 5.74) is 2.30. The molecule has 0 bridgehead atoms. The van der Waals surface area contributed by atoms with E-state index in [0.717, 1.165) is 23.6 Å². The summed E-state index contributed by atoms with van der Waals surface area (Å²) in [5, 5.41) is 0. The average Bonchev–Trinajstić information content (AvgIpc) is 2.31. The van der Waals surface area contributed by atoms with Crippen LogP contribution in [0.3, 0.4) is 0 Å².